The minimum absolute atomic E-state index is 0.111. The lowest BCUT2D eigenvalue weighted by Crippen LogP contribution is -2.19. The summed E-state index contributed by atoms with van der Waals surface area (Å²) in [7, 11) is 0. The fourth-order valence-electron chi connectivity index (χ4n) is 2.34. The molecule has 1 aliphatic rings. The van der Waals surface area contributed by atoms with Gasteiger partial charge in [-0.3, -0.25) is 14.9 Å². The molecule has 4 nitrogen and oxygen atoms in total. The van der Waals surface area contributed by atoms with Gasteiger partial charge in [-0.15, -0.1) is 0 Å². The summed E-state index contributed by atoms with van der Waals surface area (Å²) in [5.74, 6) is -0.659. The van der Waals surface area contributed by atoms with Crippen molar-refractivity contribution in [2.75, 3.05) is 5.32 Å². The number of hydrogen-bond donors (Lipinski definition) is 2. The molecule has 0 aliphatic carbocycles. The Hall–Kier alpha value is -1.89. The average molecular weight is 392 g/mol. The second-order valence-corrected chi connectivity index (χ2v) is 6.21. The fraction of sp³-hybridized carbons (Fsp3) is 0.125. The van der Waals surface area contributed by atoms with Crippen molar-refractivity contribution in [3.63, 3.8) is 0 Å². The molecule has 2 aromatic carbocycles. The van der Waals surface area contributed by atoms with Crippen LogP contribution in [0.25, 0.3) is 0 Å². The third-order valence-electron chi connectivity index (χ3n) is 3.49. The van der Waals surface area contributed by atoms with E-state index in [0.29, 0.717) is 11.1 Å². The second kappa shape index (κ2) is 5.48. The lowest BCUT2D eigenvalue weighted by atomic mass is 10.1. The first-order valence-corrected chi connectivity index (χ1v) is 7.64. The van der Waals surface area contributed by atoms with Crippen molar-refractivity contribution in [2.45, 2.75) is 13.0 Å². The smallest absolute Gasteiger partial charge is 0.259 e. The van der Waals surface area contributed by atoms with Gasteiger partial charge in [-0.1, -0.05) is 12.1 Å². The standard InChI is InChI=1S/C16H13IN2O2/c1-9(10-2-4-11(17)5-3-10)18-12-6-7-13-14(8-12)16(21)19-15(13)20/h2-9,18H,1H3,(H,19,20,21). The highest BCUT2D eigenvalue weighted by Crippen LogP contribution is 2.24. The summed E-state index contributed by atoms with van der Waals surface area (Å²) in [6.45, 7) is 2.06. The zero-order chi connectivity index (χ0) is 15.0. The van der Waals surface area contributed by atoms with E-state index in [2.05, 4.69) is 64.4 Å². The minimum Gasteiger partial charge on any atom is -0.379 e. The molecule has 1 aliphatic heterocycles. The molecule has 1 atom stereocenters. The van der Waals surface area contributed by atoms with Crippen LogP contribution in [-0.4, -0.2) is 11.8 Å². The second-order valence-electron chi connectivity index (χ2n) is 4.96. The molecule has 106 valence electrons. The maximum Gasteiger partial charge on any atom is 0.259 e. The number of rotatable bonds is 3. The highest BCUT2D eigenvalue weighted by molar-refractivity contribution is 14.1. The van der Waals surface area contributed by atoms with Gasteiger partial charge in [-0.05, 0) is 65.4 Å². The molecule has 0 radical (unpaired) electrons. The molecular formula is C16H13IN2O2. The van der Waals surface area contributed by atoms with Crippen LogP contribution in [0.1, 0.15) is 39.2 Å². The molecule has 1 unspecified atom stereocenters. The first-order chi connectivity index (χ1) is 10.0. The number of carbonyl (C=O) groups is 2. The molecule has 0 fully saturated rings. The van der Waals surface area contributed by atoms with E-state index in [1.165, 1.54) is 3.57 Å². The lowest BCUT2D eigenvalue weighted by molar-refractivity contribution is 0.0879. The van der Waals surface area contributed by atoms with Gasteiger partial charge < -0.3 is 5.32 Å². The van der Waals surface area contributed by atoms with Crippen LogP contribution in [0.4, 0.5) is 5.69 Å². The normalized spacial score (nSPS) is 14.6. The zero-order valence-electron chi connectivity index (χ0n) is 11.3. The fourth-order valence-corrected chi connectivity index (χ4v) is 2.70. The van der Waals surface area contributed by atoms with E-state index in [1.54, 1.807) is 12.1 Å². The molecule has 0 bridgehead atoms. The number of halogens is 1. The van der Waals surface area contributed by atoms with Crippen LogP contribution in [-0.2, 0) is 0 Å². The molecule has 2 aromatic rings. The molecule has 5 heteroatoms. The SMILES string of the molecule is CC(Nc1ccc2c(c1)C(=O)NC2=O)c1ccc(I)cc1. The highest BCUT2D eigenvalue weighted by Gasteiger charge is 2.26. The molecule has 21 heavy (non-hydrogen) atoms. The number of benzene rings is 2. The third kappa shape index (κ3) is 2.78. The van der Waals surface area contributed by atoms with E-state index >= 15 is 0 Å². The Morgan fingerprint density at radius 3 is 2.38 bits per heavy atom. The largest absolute Gasteiger partial charge is 0.379 e. The van der Waals surface area contributed by atoms with Gasteiger partial charge in [0.1, 0.15) is 0 Å². The Morgan fingerprint density at radius 2 is 1.67 bits per heavy atom. The average Bonchev–Trinajstić information content (AvgIpc) is 2.74. The van der Waals surface area contributed by atoms with Crippen molar-refractivity contribution in [3.05, 3.63) is 62.7 Å². The Bertz CT molecular complexity index is 726. The van der Waals surface area contributed by atoms with E-state index in [1.807, 2.05) is 6.07 Å². The number of anilines is 1. The molecule has 3 rings (SSSR count). The van der Waals surface area contributed by atoms with Crippen LogP contribution in [0.15, 0.2) is 42.5 Å². The van der Waals surface area contributed by atoms with E-state index in [4.69, 9.17) is 0 Å². The molecule has 0 spiro atoms. The Morgan fingerprint density at radius 1 is 1.00 bits per heavy atom. The molecule has 2 amide bonds. The van der Waals surface area contributed by atoms with Crippen molar-refractivity contribution in [2.24, 2.45) is 0 Å². The van der Waals surface area contributed by atoms with E-state index in [-0.39, 0.29) is 17.9 Å². The van der Waals surface area contributed by atoms with Crippen molar-refractivity contribution in [3.8, 4) is 0 Å². The van der Waals surface area contributed by atoms with Gasteiger partial charge in [0.05, 0.1) is 11.1 Å². The number of hydrogen-bond acceptors (Lipinski definition) is 3. The van der Waals surface area contributed by atoms with Crippen molar-refractivity contribution >= 4 is 40.1 Å². The number of carbonyl (C=O) groups excluding carboxylic acids is 2. The van der Waals surface area contributed by atoms with Gasteiger partial charge in [0, 0.05) is 15.3 Å². The van der Waals surface area contributed by atoms with Gasteiger partial charge in [0.2, 0.25) is 0 Å². The predicted molar refractivity (Wildman–Crippen MR) is 89.4 cm³/mol. The lowest BCUT2D eigenvalue weighted by Gasteiger charge is -2.16. The van der Waals surface area contributed by atoms with Gasteiger partial charge in [0.25, 0.3) is 11.8 Å². The van der Waals surface area contributed by atoms with Crippen molar-refractivity contribution in [1.82, 2.24) is 5.32 Å². The number of imide groups is 1. The Labute approximate surface area is 136 Å². The first-order valence-electron chi connectivity index (χ1n) is 6.56. The Kier molecular flexibility index (Phi) is 3.67. The van der Waals surface area contributed by atoms with Crippen LogP contribution >= 0.6 is 22.6 Å². The maximum atomic E-state index is 11.7. The van der Waals surface area contributed by atoms with Gasteiger partial charge in [0.15, 0.2) is 0 Å². The van der Waals surface area contributed by atoms with Crippen LogP contribution in [0.5, 0.6) is 0 Å². The van der Waals surface area contributed by atoms with Crippen molar-refractivity contribution < 1.29 is 9.59 Å². The third-order valence-corrected chi connectivity index (χ3v) is 4.21. The Balaban J connectivity index is 1.82. The van der Waals surface area contributed by atoms with Crippen LogP contribution in [0.3, 0.4) is 0 Å². The predicted octanol–water partition coefficient (Wildman–Crippen LogP) is 3.35. The number of fused-ring (bicyclic) bond motifs is 1. The van der Waals surface area contributed by atoms with Crippen LogP contribution < -0.4 is 10.6 Å². The summed E-state index contributed by atoms with van der Waals surface area (Å²) < 4.78 is 1.19. The summed E-state index contributed by atoms with van der Waals surface area (Å²) in [6.07, 6.45) is 0. The molecule has 0 aromatic heterocycles. The summed E-state index contributed by atoms with van der Waals surface area (Å²) in [4.78, 5) is 23.2. The topological polar surface area (TPSA) is 58.2 Å². The summed E-state index contributed by atoms with van der Waals surface area (Å²) in [5.41, 5.74) is 2.85. The summed E-state index contributed by atoms with van der Waals surface area (Å²) in [5, 5.41) is 5.64. The summed E-state index contributed by atoms with van der Waals surface area (Å²) >= 11 is 2.27. The molecule has 0 saturated heterocycles. The maximum absolute atomic E-state index is 11.7. The summed E-state index contributed by atoms with van der Waals surface area (Å²) in [6, 6.07) is 13.6. The van der Waals surface area contributed by atoms with Gasteiger partial charge in [-0.25, -0.2) is 0 Å². The van der Waals surface area contributed by atoms with E-state index < -0.39 is 0 Å². The molecule has 1 heterocycles. The monoisotopic (exact) mass is 392 g/mol. The van der Waals surface area contributed by atoms with Crippen LogP contribution in [0.2, 0.25) is 0 Å². The van der Waals surface area contributed by atoms with Gasteiger partial charge >= 0.3 is 0 Å². The van der Waals surface area contributed by atoms with Crippen molar-refractivity contribution in [1.29, 1.82) is 0 Å². The van der Waals surface area contributed by atoms with Crippen LogP contribution in [0, 0.1) is 3.57 Å². The zero-order valence-corrected chi connectivity index (χ0v) is 13.5. The van der Waals surface area contributed by atoms with E-state index in [9.17, 15) is 9.59 Å². The quantitative estimate of drug-likeness (QED) is 0.622. The molecule has 0 saturated carbocycles. The molecular weight excluding hydrogens is 379 g/mol. The molecule has 2 N–H and O–H groups in total. The number of amides is 2. The number of nitrogens with one attached hydrogen (secondary N) is 2. The van der Waals surface area contributed by atoms with Gasteiger partial charge in [-0.2, -0.15) is 0 Å². The first kappa shape index (κ1) is 14.1. The highest BCUT2D eigenvalue weighted by atomic mass is 127. The van der Waals surface area contributed by atoms with E-state index in [0.717, 1.165) is 11.3 Å². The minimum atomic E-state index is -0.333.